The number of rotatable bonds is 11. The zero-order chi connectivity index (χ0) is 37.0. The van der Waals surface area contributed by atoms with E-state index in [4.69, 9.17) is 0 Å². The van der Waals surface area contributed by atoms with Crippen molar-refractivity contribution in [3.05, 3.63) is 77.8 Å². The second kappa shape index (κ2) is 14.0. The number of aromatic nitrogens is 1. The molecule has 280 valence electrons. The third kappa shape index (κ3) is 6.63. The Kier molecular flexibility index (Phi) is 9.95. The molecule has 1 amide bonds. The number of aliphatic carboxylic acids is 1. The molecular formula is C42H53FN2O6S. The van der Waals surface area contributed by atoms with E-state index in [9.17, 15) is 32.6 Å². The molecule has 9 atom stereocenters. The van der Waals surface area contributed by atoms with Crippen LogP contribution in [-0.4, -0.2) is 46.6 Å². The van der Waals surface area contributed by atoms with Gasteiger partial charge in [0.25, 0.3) is 10.0 Å². The van der Waals surface area contributed by atoms with Gasteiger partial charge in [-0.3, -0.25) is 9.59 Å². The Morgan fingerprint density at radius 3 is 2.52 bits per heavy atom. The minimum Gasteiger partial charge on any atom is -0.481 e. The minimum atomic E-state index is -4.07. The van der Waals surface area contributed by atoms with Crippen molar-refractivity contribution >= 4 is 32.8 Å². The molecule has 0 aliphatic heterocycles. The molecule has 0 saturated heterocycles. The molecule has 4 aliphatic carbocycles. The number of para-hydroxylation sites is 1. The van der Waals surface area contributed by atoms with Crippen molar-refractivity contribution in [3.8, 4) is 0 Å². The standard InChI is InChI=1S/C42H53FN2O6S/c1-26(35-15-16-36-34-14-9-28-23-31(46)18-20-41(28,2)37(34)19-21-42(35,36)3)8-17-39(47)44-30(24-40(48)49)22-27-25-45(38-7-5-4-6-33(27)38)52(50,51)32-12-10-29(43)11-13-32/h4-7,9-13,25-26,30-31,34-37,46H,8,14-24H2,1-3H3,(H,44,47)(H,48,49)/t26-,30+,31+,34+,35-,36+,37+,41+,42-/m1/s1. The number of benzene rings is 2. The van der Waals surface area contributed by atoms with E-state index < -0.39 is 27.9 Å². The fraction of sp³-hybridized carbons (Fsp3) is 0.571. The van der Waals surface area contributed by atoms with Crippen LogP contribution < -0.4 is 5.32 Å². The summed E-state index contributed by atoms with van der Waals surface area (Å²) in [5, 5.41) is 23.8. The maximum atomic E-state index is 13.6. The summed E-state index contributed by atoms with van der Waals surface area (Å²) in [6.45, 7) is 7.25. The third-order valence-corrected chi connectivity index (χ3v) is 15.7. The quantitative estimate of drug-likeness (QED) is 0.172. The first-order valence-corrected chi connectivity index (χ1v) is 20.6. The molecule has 3 aromatic rings. The van der Waals surface area contributed by atoms with Crippen LogP contribution in [0.1, 0.15) is 97.0 Å². The summed E-state index contributed by atoms with van der Waals surface area (Å²) in [7, 11) is -4.07. The first kappa shape index (κ1) is 36.8. The molecule has 1 heterocycles. The number of hydrogen-bond acceptors (Lipinski definition) is 5. The largest absolute Gasteiger partial charge is 0.481 e. The van der Waals surface area contributed by atoms with Crippen molar-refractivity contribution in [1.29, 1.82) is 0 Å². The maximum Gasteiger partial charge on any atom is 0.305 e. The number of nitrogens with zero attached hydrogens (tertiary/aromatic N) is 1. The van der Waals surface area contributed by atoms with E-state index in [-0.39, 0.29) is 40.6 Å². The molecule has 3 N–H and O–H groups in total. The zero-order valence-electron chi connectivity index (χ0n) is 30.6. The summed E-state index contributed by atoms with van der Waals surface area (Å²) in [6, 6.07) is 10.9. The lowest BCUT2D eigenvalue weighted by atomic mass is 9.47. The smallest absolute Gasteiger partial charge is 0.305 e. The molecule has 0 radical (unpaired) electrons. The van der Waals surface area contributed by atoms with E-state index in [0.717, 1.165) is 48.2 Å². The monoisotopic (exact) mass is 732 g/mol. The van der Waals surface area contributed by atoms with Crippen LogP contribution in [0, 0.1) is 46.2 Å². The van der Waals surface area contributed by atoms with Gasteiger partial charge in [-0.05, 0) is 141 Å². The Balaban J connectivity index is 1.02. The van der Waals surface area contributed by atoms with E-state index in [1.54, 1.807) is 24.3 Å². The summed E-state index contributed by atoms with van der Waals surface area (Å²) in [6.07, 6.45) is 13.4. The van der Waals surface area contributed by atoms with Gasteiger partial charge < -0.3 is 15.5 Å². The molecule has 0 spiro atoms. The number of allylic oxidation sites excluding steroid dienone is 1. The van der Waals surface area contributed by atoms with Gasteiger partial charge in [0.1, 0.15) is 5.82 Å². The summed E-state index contributed by atoms with van der Waals surface area (Å²) in [5.41, 5.74) is 2.96. The maximum absolute atomic E-state index is 13.6. The van der Waals surface area contributed by atoms with Crippen molar-refractivity contribution in [2.45, 2.75) is 115 Å². The topological polar surface area (TPSA) is 126 Å². The number of hydrogen-bond donors (Lipinski definition) is 3. The molecule has 3 saturated carbocycles. The number of carboxylic acid groups (broad SMARTS) is 1. The Labute approximate surface area is 306 Å². The number of carbonyl (C=O) groups excluding carboxylic acids is 1. The lowest BCUT2D eigenvalue weighted by Gasteiger charge is -2.58. The van der Waals surface area contributed by atoms with Gasteiger partial charge in [-0.15, -0.1) is 0 Å². The Morgan fingerprint density at radius 2 is 1.77 bits per heavy atom. The summed E-state index contributed by atoms with van der Waals surface area (Å²) >= 11 is 0. The van der Waals surface area contributed by atoms with Crippen LogP contribution in [0.2, 0.25) is 0 Å². The van der Waals surface area contributed by atoms with Crippen molar-refractivity contribution in [3.63, 3.8) is 0 Å². The Hall–Kier alpha value is -3.50. The number of fused-ring (bicyclic) bond motifs is 6. The highest BCUT2D eigenvalue weighted by Crippen LogP contribution is 2.67. The second-order valence-electron chi connectivity index (χ2n) is 16.9. The van der Waals surface area contributed by atoms with Crippen LogP contribution in [0.25, 0.3) is 10.9 Å². The van der Waals surface area contributed by atoms with Gasteiger partial charge >= 0.3 is 5.97 Å². The van der Waals surface area contributed by atoms with Crippen LogP contribution in [0.15, 0.2) is 71.3 Å². The first-order valence-electron chi connectivity index (χ1n) is 19.2. The van der Waals surface area contributed by atoms with E-state index >= 15 is 0 Å². The van der Waals surface area contributed by atoms with Crippen LogP contribution in [0.3, 0.4) is 0 Å². The highest BCUT2D eigenvalue weighted by Gasteiger charge is 2.59. The van der Waals surface area contributed by atoms with Crippen molar-refractivity contribution in [1.82, 2.24) is 9.29 Å². The second-order valence-corrected chi connectivity index (χ2v) is 18.7. The molecule has 4 aliphatic rings. The SMILES string of the molecule is C[C@H](CCC(=O)N[C@H](CC(=O)O)Cc1cn(S(=O)(=O)c2ccc(F)cc2)c2ccccc12)[C@H]1CC[C@H]2[C@@H]3CC=C4C[C@@H](O)CC[C@]4(C)[C@H]3CC[C@]12C. The first-order chi connectivity index (χ1) is 24.7. The number of amides is 1. The molecule has 52 heavy (non-hydrogen) atoms. The van der Waals surface area contributed by atoms with Crippen molar-refractivity contribution in [2.75, 3.05) is 0 Å². The predicted octanol–water partition coefficient (Wildman–Crippen LogP) is 7.88. The van der Waals surface area contributed by atoms with Gasteiger partial charge in [0.05, 0.1) is 22.9 Å². The lowest BCUT2D eigenvalue weighted by molar-refractivity contribution is -0.137. The average molecular weight is 733 g/mol. The summed E-state index contributed by atoms with van der Waals surface area (Å²) in [4.78, 5) is 25.3. The zero-order valence-corrected chi connectivity index (χ0v) is 31.4. The number of aliphatic hydroxyl groups excluding tert-OH is 1. The number of nitrogens with one attached hydrogen (secondary N) is 1. The fourth-order valence-corrected chi connectivity index (χ4v) is 12.8. The van der Waals surface area contributed by atoms with Crippen LogP contribution >= 0.6 is 0 Å². The average Bonchev–Trinajstić information content (AvgIpc) is 3.65. The molecule has 0 unspecified atom stereocenters. The number of aliphatic hydroxyl groups is 1. The van der Waals surface area contributed by atoms with Gasteiger partial charge in [-0.2, -0.15) is 0 Å². The van der Waals surface area contributed by atoms with Gasteiger partial charge in [0, 0.05) is 24.0 Å². The number of carboxylic acids is 1. The van der Waals surface area contributed by atoms with Crippen LogP contribution in [-0.2, 0) is 26.0 Å². The summed E-state index contributed by atoms with van der Waals surface area (Å²) in [5.74, 6) is 1.12. The van der Waals surface area contributed by atoms with Gasteiger partial charge in [0.15, 0.2) is 0 Å². The minimum absolute atomic E-state index is 0.0647. The number of carbonyl (C=O) groups is 2. The third-order valence-electron chi connectivity index (χ3n) is 14.0. The van der Waals surface area contributed by atoms with E-state index in [0.29, 0.717) is 52.5 Å². The molecule has 1 aromatic heterocycles. The van der Waals surface area contributed by atoms with Crippen LogP contribution in [0.4, 0.5) is 4.39 Å². The van der Waals surface area contributed by atoms with Crippen molar-refractivity contribution in [2.24, 2.45) is 40.4 Å². The molecule has 10 heteroatoms. The molecule has 7 rings (SSSR count). The highest BCUT2D eigenvalue weighted by molar-refractivity contribution is 7.90. The molecule has 2 aromatic carbocycles. The molecule has 0 bridgehead atoms. The van der Waals surface area contributed by atoms with Gasteiger partial charge in [-0.25, -0.2) is 16.8 Å². The highest BCUT2D eigenvalue weighted by atomic mass is 32.2. The van der Waals surface area contributed by atoms with E-state index in [1.165, 1.54) is 49.6 Å². The van der Waals surface area contributed by atoms with Gasteiger partial charge in [-0.1, -0.05) is 50.6 Å². The fourth-order valence-electron chi connectivity index (χ4n) is 11.4. The van der Waals surface area contributed by atoms with E-state index in [2.05, 4.69) is 32.2 Å². The lowest BCUT2D eigenvalue weighted by Crippen LogP contribution is -2.50. The predicted molar refractivity (Wildman–Crippen MR) is 198 cm³/mol. The molecule has 3 fully saturated rings. The van der Waals surface area contributed by atoms with E-state index in [1.807, 2.05) is 0 Å². The van der Waals surface area contributed by atoms with Gasteiger partial charge in [0.2, 0.25) is 5.91 Å². The molecular weight excluding hydrogens is 680 g/mol. The summed E-state index contributed by atoms with van der Waals surface area (Å²) < 4.78 is 41.9. The molecule has 8 nitrogen and oxygen atoms in total. The van der Waals surface area contributed by atoms with Crippen LogP contribution in [0.5, 0.6) is 0 Å². The normalized spacial score (nSPS) is 31.2. The van der Waals surface area contributed by atoms with Crippen molar-refractivity contribution < 1.29 is 32.6 Å². The Bertz CT molecular complexity index is 1970. The number of halogens is 1. The Morgan fingerprint density at radius 1 is 1.02 bits per heavy atom.